The number of thiazole rings is 1. The van der Waals surface area contributed by atoms with Gasteiger partial charge in [-0.1, -0.05) is 12.1 Å². The predicted octanol–water partition coefficient (Wildman–Crippen LogP) is 7.00. The summed E-state index contributed by atoms with van der Waals surface area (Å²) in [5.41, 5.74) is 19.5. The van der Waals surface area contributed by atoms with Crippen molar-refractivity contribution < 1.29 is 0 Å². The highest BCUT2D eigenvalue weighted by Gasteiger charge is 2.14. The van der Waals surface area contributed by atoms with Gasteiger partial charge in [0.05, 0.1) is 65.2 Å². The van der Waals surface area contributed by atoms with Crippen molar-refractivity contribution in [2.24, 2.45) is 4.99 Å². The van der Waals surface area contributed by atoms with Crippen LogP contribution >= 0.6 is 11.3 Å². The topological polar surface area (TPSA) is 253 Å². The van der Waals surface area contributed by atoms with E-state index < -0.39 is 0 Å². The smallest absolute Gasteiger partial charge is 0.160 e. The Morgan fingerprint density at radius 2 is 1.44 bits per heavy atom. The Kier molecular flexibility index (Phi) is 20.4. The van der Waals surface area contributed by atoms with Crippen LogP contribution in [0.2, 0.25) is 0 Å². The SMILES string of the molecule is C1=NCC2=C1CCNC2.c1cc2c([nH]1)CCNC2.c1cc2n(c1)CCC2.c1cc2nc[nH]c2cn1.c1ccn2cnnc2c1.c1ccn2ncnc2c1.c1n[nH]c2c1CNCC2.c1nc2c([nH]1)CNCC2.c1nc2c(s1)CCCC2. The largest absolute Gasteiger partial charge is 0.365 e. The normalized spacial score (nSPS) is 15.7. The summed E-state index contributed by atoms with van der Waals surface area (Å²) >= 11 is 1.81. The molecule has 0 saturated heterocycles. The summed E-state index contributed by atoms with van der Waals surface area (Å²) in [6, 6.07) is 19.9. The maximum absolute atomic E-state index is 4.28. The summed E-state index contributed by atoms with van der Waals surface area (Å²) < 4.78 is 5.90. The van der Waals surface area contributed by atoms with Crippen LogP contribution in [0.1, 0.15) is 75.9 Å². The Hall–Kier alpha value is -8.28. The molecule has 0 aromatic carbocycles. The number of aliphatic imine (C=N–C) groups is 1. The van der Waals surface area contributed by atoms with Crippen LogP contribution in [0.5, 0.6) is 0 Å². The maximum atomic E-state index is 4.28. The lowest BCUT2D eigenvalue weighted by molar-refractivity contribution is 0.627. The second-order valence-corrected chi connectivity index (χ2v) is 20.5. The molecule has 22 heteroatoms. The molecule has 0 unspecified atom stereocenters. The Bertz CT molecular complexity index is 3070. The number of rotatable bonds is 0. The molecule has 18 rings (SSSR count). The standard InChI is InChI=1S/2C7H10N2.C7H9NS.C7H9N.2C6H9N3.3C6H5N3/c1-4-9-7-2-3-8-5-6(1)7;1-2-8-4-7-5-9-3-6(1)7;1-2-4-7-6(3-1)8-5-9-7;1-3-7-4-2-6-8(7)5-1;1-2-7-3-5-4-8-9-6(1)5;2*1-2-7-3-6-5(1)8-4-9-6;1-2-4-9-5-7-8-6(9)3-1;1-2-4-9-6(3-1)7-5-8-9/h1,4,8-9H,2-3,5H2;3,8H,1-2,4-5H2;5H,1-4H2;1,3,5H,2,4,6H2;2*4,7H,1-3H2,(H,8,9);1-4H,(H,8,9);2*1-5H. The van der Waals surface area contributed by atoms with Crippen LogP contribution in [0.15, 0.2) is 151 Å². The fraction of sp³-hybridized carbons (Fsp3) is 0.345. The lowest BCUT2D eigenvalue weighted by Gasteiger charge is -2.12. The molecule has 8 N–H and O–H groups in total. The van der Waals surface area contributed by atoms with E-state index in [9.17, 15) is 0 Å². The molecule has 0 bridgehead atoms. The number of hydrogen-bond donors (Lipinski definition) is 8. The van der Waals surface area contributed by atoms with Crippen LogP contribution < -0.4 is 21.3 Å². The maximum Gasteiger partial charge on any atom is 0.160 e. The third-order valence-corrected chi connectivity index (χ3v) is 15.1. The Balaban J connectivity index is 0.000000101. The first-order valence-electron chi connectivity index (χ1n) is 27.7. The highest BCUT2D eigenvalue weighted by atomic mass is 32.1. The van der Waals surface area contributed by atoms with E-state index >= 15 is 0 Å². The molecule has 17 heterocycles. The number of nitrogens with zero attached hydrogens (tertiary/aromatic N) is 13. The van der Waals surface area contributed by atoms with E-state index in [1.54, 1.807) is 35.9 Å². The molecule has 414 valence electrons. The molecule has 1 aliphatic carbocycles. The van der Waals surface area contributed by atoms with Crippen molar-refractivity contribution in [3.05, 3.63) is 196 Å². The monoisotopic (exact) mass is 1090 g/mol. The van der Waals surface area contributed by atoms with E-state index in [4.69, 9.17) is 0 Å². The van der Waals surface area contributed by atoms with Crippen LogP contribution in [0.3, 0.4) is 0 Å². The van der Waals surface area contributed by atoms with Gasteiger partial charge in [0.15, 0.2) is 11.3 Å². The number of imidazole rings is 2. The van der Waals surface area contributed by atoms with Gasteiger partial charge in [-0.2, -0.15) is 10.2 Å². The van der Waals surface area contributed by atoms with Gasteiger partial charge in [0.1, 0.15) is 12.7 Å². The number of aromatic nitrogens is 16. The second kappa shape index (κ2) is 29.6. The molecule has 0 saturated carbocycles. The molecule has 6 aliphatic heterocycles. The van der Waals surface area contributed by atoms with Gasteiger partial charge in [-0.15, -0.1) is 21.5 Å². The van der Waals surface area contributed by atoms with Crippen molar-refractivity contribution in [2.45, 2.75) is 90.4 Å². The number of aryl methyl sites for hydroxylation is 4. The minimum atomic E-state index is 0.887. The quantitative estimate of drug-likeness (QED) is 0.0762. The number of pyridine rings is 3. The van der Waals surface area contributed by atoms with Gasteiger partial charge in [0.2, 0.25) is 0 Å². The fourth-order valence-electron chi connectivity index (χ4n) is 9.81. The first kappa shape index (κ1) is 55.1. The van der Waals surface area contributed by atoms with Crippen LogP contribution in [-0.2, 0) is 64.7 Å². The zero-order valence-corrected chi connectivity index (χ0v) is 46.0. The van der Waals surface area contributed by atoms with Crippen molar-refractivity contribution in [1.29, 1.82) is 0 Å². The Labute approximate surface area is 468 Å². The Morgan fingerprint density at radius 3 is 2.29 bits per heavy atom. The molecule has 0 spiro atoms. The molecule has 0 radical (unpaired) electrons. The van der Waals surface area contributed by atoms with Crippen molar-refractivity contribution in [1.82, 2.24) is 100 Å². The molecule has 11 aromatic rings. The van der Waals surface area contributed by atoms with Crippen molar-refractivity contribution in [2.75, 3.05) is 39.3 Å². The van der Waals surface area contributed by atoms with E-state index in [1.807, 2.05) is 94.7 Å². The van der Waals surface area contributed by atoms with Crippen molar-refractivity contribution >= 4 is 39.9 Å². The average molecular weight is 1090 g/mol. The van der Waals surface area contributed by atoms with E-state index in [1.165, 1.54) is 119 Å². The summed E-state index contributed by atoms with van der Waals surface area (Å²) in [6.45, 7) is 10.6. The number of hydrogen-bond acceptors (Lipinski definition) is 15. The molecular weight excluding hydrogens is 1020 g/mol. The molecule has 21 nitrogen and oxygen atoms in total. The first-order chi connectivity index (χ1) is 39.7. The molecule has 0 atom stereocenters. The molecular formula is C58H71N21S. The summed E-state index contributed by atoms with van der Waals surface area (Å²) in [7, 11) is 0. The molecule has 7 aliphatic rings. The van der Waals surface area contributed by atoms with Crippen LogP contribution in [0.4, 0.5) is 0 Å². The van der Waals surface area contributed by atoms with Crippen molar-refractivity contribution in [3.8, 4) is 0 Å². The summed E-state index contributed by atoms with van der Waals surface area (Å²) in [5, 5.41) is 31.5. The number of H-pyrrole nitrogens is 4. The van der Waals surface area contributed by atoms with E-state index in [0.717, 1.165) is 100 Å². The summed E-state index contributed by atoms with van der Waals surface area (Å²) in [5.74, 6) is 0. The number of nitrogens with one attached hydrogen (secondary N) is 8. The van der Waals surface area contributed by atoms with E-state index in [2.05, 4.69) is 121 Å². The minimum absolute atomic E-state index is 0.887. The fourth-order valence-corrected chi connectivity index (χ4v) is 10.7. The zero-order chi connectivity index (χ0) is 54.2. The number of fused-ring (bicyclic) bond motifs is 8. The van der Waals surface area contributed by atoms with Crippen LogP contribution in [0.25, 0.3) is 22.3 Å². The third-order valence-electron chi connectivity index (χ3n) is 14.2. The predicted molar refractivity (Wildman–Crippen MR) is 313 cm³/mol. The summed E-state index contributed by atoms with van der Waals surface area (Å²) in [4.78, 5) is 35.3. The lowest BCUT2D eigenvalue weighted by Crippen LogP contribution is -2.24. The highest BCUT2D eigenvalue weighted by Crippen LogP contribution is 2.23. The number of aromatic amines is 4. The van der Waals surface area contributed by atoms with Crippen LogP contribution in [0, 0.1) is 0 Å². The Morgan fingerprint density at radius 1 is 0.600 bits per heavy atom. The molecule has 11 aromatic heterocycles. The zero-order valence-electron chi connectivity index (χ0n) is 45.1. The lowest BCUT2D eigenvalue weighted by atomic mass is 10.0. The van der Waals surface area contributed by atoms with Crippen molar-refractivity contribution in [3.63, 3.8) is 0 Å². The molecule has 0 amide bonds. The van der Waals surface area contributed by atoms with Crippen LogP contribution in [-0.4, -0.2) is 124 Å². The van der Waals surface area contributed by atoms with E-state index in [0.29, 0.717) is 0 Å². The van der Waals surface area contributed by atoms with Gasteiger partial charge in [-0.05, 0) is 117 Å². The minimum Gasteiger partial charge on any atom is -0.365 e. The second-order valence-electron chi connectivity index (χ2n) is 19.6. The van der Waals surface area contributed by atoms with Gasteiger partial charge >= 0.3 is 0 Å². The van der Waals surface area contributed by atoms with Gasteiger partial charge in [-0.25, -0.2) is 24.5 Å². The van der Waals surface area contributed by atoms with Gasteiger partial charge in [-0.3, -0.25) is 19.5 Å². The van der Waals surface area contributed by atoms with E-state index in [-0.39, 0.29) is 0 Å². The molecule has 80 heavy (non-hydrogen) atoms. The van der Waals surface area contributed by atoms with Gasteiger partial charge in [0.25, 0.3) is 0 Å². The summed E-state index contributed by atoms with van der Waals surface area (Å²) in [6.07, 6.45) is 34.3. The highest BCUT2D eigenvalue weighted by molar-refractivity contribution is 7.09. The molecule has 0 fully saturated rings. The third kappa shape index (κ3) is 15.9. The first-order valence-corrected chi connectivity index (χ1v) is 28.6. The van der Waals surface area contributed by atoms with Gasteiger partial charge in [0, 0.05) is 136 Å². The average Bonchev–Trinajstić information content (AvgIpc) is 4.36. The van der Waals surface area contributed by atoms with Gasteiger partial charge < -0.3 is 40.8 Å².